The van der Waals surface area contributed by atoms with E-state index in [0.717, 1.165) is 21.4 Å². The second kappa shape index (κ2) is 7.90. The zero-order valence-corrected chi connectivity index (χ0v) is 14.4. The Labute approximate surface area is 139 Å². The standard InChI is InChI=1S/C18H19BrO3/c1-13(2)11-21-17-6-4-5-16(19)18(17)22-12-14-7-9-15(20-3)10-8-14/h4-10H,1,11-12H2,2-3H3. The summed E-state index contributed by atoms with van der Waals surface area (Å²) in [6, 6.07) is 13.5. The highest BCUT2D eigenvalue weighted by molar-refractivity contribution is 9.10. The minimum atomic E-state index is 0.454. The number of hydrogen-bond acceptors (Lipinski definition) is 3. The Kier molecular flexibility index (Phi) is 5.90. The molecule has 2 aromatic rings. The van der Waals surface area contributed by atoms with Crippen LogP contribution in [0.3, 0.4) is 0 Å². The molecule has 0 bridgehead atoms. The molecule has 0 aliphatic heterocycles. The first-order valence-corrected chi connectivity index (χ1v) is 7.71. The van der Waals surface area contributed by atoms with Crippen molar-refractivity contribution in [1.82, 2.24) is 0 Å². The zero-order chi connectivity index (χ0) is 15.9. The van der Waals surface area contributed by atoms with Gasteiger partial charge in [-0.25, -0.2) is 0 Å². The van der Waals surface area contributed by atoms with Crippen LogP contribution >= 0.6 is 15.9 Å². The molecule has 0 radical (unpaired) electrons. The van der Waals surface area contributed by atoms with E-state index in [-0.39, 0.29) is 0 Å². The molecule has 2 aromatic carbocycles. The third kappa shape index (κ3) is 4.53. The topological polar surface area (TPSA) is 27.7 Å². The van der Waals surface area contributed by atoms with Crippen LogP contribution in [0.1, 0.15) is 12.5 Å². The second-order valence-corrected chi connectivity index (χ2v) is 5.80. The van der Waals surface area contributed by atoms with Gasteiger partial charge in [-0.3, -0.25) is 0 Å². The molecule has 116 valence electrons. The summed E-state index contributed by atoms with van der Waals surface area (Å²) in [6.45, 7) is 6.69. The summed E-state index contributed by atoms with van der Waals surface area (Å²) < 4.78 is 17.7. The van der Waals surface area contributed by atoms with E-state index in [0.29, 0.717) is 24.7 Å². The molecule has 0 atom stereocenters. The average Bonchev–Trinajstić information content (AvgIpc) is 2.52. The fourth-order valence-electron chi connectivity index (χ4n) is 1.82. The van der Waals surface area contributed by atoms with Gasteiger partial charge in [0.2, 0.25) is 0 Å². The minimum absolute atomic E-state index is 0.454. The van der Waals surface area contributed by atoms with Gasteiger partial charge in [-0.05, 0) is 58.3 Å². The maximum atomic E-state index is 5.92. The molecule has 0 aromatic heterocycles. The first-order chi connectivity index (χ1) is 10.6. The Bertz CT molecular complexity index is 635. The van der Waals surface area contributed by atoms with Crippen LogP contribution in [0.2, 0.25) is 0 Å². The second-order valence-electron chi connectivity index (χ2n) is 4.95. The normalized spacial score (nSPS) is 10.1. The van der Waals surface area contributed by atoms with Crippen molar-refractivity contribution >= 4 is 15.9 Å². The molecule has 0 fully saturated rings. The summed E-state index contributed by atoms with van der Waals surface area (Å²) in [6.07, 6.45) is 0. The zero-order valence-electron chi connectivity index (χ0n) is 12.8. The lowest BCUT2D eigenvalue weighted by molar-refractivity contribution is 0.271. The quantitative estimate of drug-likeness (QED) is 0.649. The number of para-hydroxylation sites is 1. The Morgan fingerprint density at radius 1 is 1.09 bits per heavy atom. The number of ether oxygens (including phenoxy) is 3. The number of methoxy groups -OCH3 is 1. The molecule has 0 aliphatic rings. The van der Waals surface area contributed by atoms with Crippen molar-refractivity contribution in [3.8, 4) is 17.2 Å². The van der Waals surface area contributed by atoms with E-state index >= 15 is 0 Å². The fourth-order valence-corrected chi connectivity index (χ4v) is 2.28. The molecule has 0 spiro atoms. The van der Waals surface area contributed by atoms with Crippen molar-refractivity contribution in [2.45, 2.75) is 13.5 Å². The van der Waals surface area contributed by atoms with Crippen LogP contribution in [0, 0.1) is 0 Å². The Morgan fingerprint density at radius 3 is 2.45 bits per heavy atom. The number of halogens is 1. The predicted octanol–water partition coefficient (Wildman–Crippen LogP) is 4.99. The highest BCUT2D eigenvalue weighted by atomic mass is 79.9. The first kappa shape index (κ1) is 16.4. The molecule has 0 N–H and O–H groups in total. The van der Waals surface area contributed by atoms with E-state index in [1.165, 1.54) is 0 Å². The van der Waals surface area contributed by atoms with Gasteiger partial charge in [-0.2, -0.15) is 0 Å². The van der Waals surface area contributed by atoms with Gasteiger partial charge in [0.15, 0.2) is 11.5 Å². The largest absolute Gasteiger partial charge is 0.497 e. The number of rotatable bonds is 7. The van der Waals surface area contributed by atoms with Crippen LogP contribution in [0.5, 0.6) is 17.2 Å². The molecule has 0 heterocycles. The van der Waals surface area contributed by atoms with Gasteiger partial charge in [0.25, 0.3) is 0 Å². The third-order valence-corrected chi connectivity index (χ3v) is 3.57. The van der Waals surface area contributed by atoms with E-state index in [9.17, 15) is 0 Å². The summed E-state index contributed by atoms with van der Waals surface area (Å²) in [5.41, 5.74) is 2.02. The van der Waals surface area contributed by atoms with Crippen LogP contribution in [0.15, 0.2) is 59.1 Å². The molecule has 0 unspecified atom stereocenters. The maximum absolute atomic E-state index is 5.92. The Balaban J connectivity index is 2.08. The van der Waals surface area contributed by atoms with Crippen LogP contribution in [-0.2, 0) is 6.61 Å². The Hall–Kier alpha value is -1.94. The van der Waals surface area contributed by atoms with Crippen LogP contribution < -0.4 is 14.2 Å². The summed E-state index contributed by atoms with van der Waals surface area (Å²) >= 11 is 3.50. The molecule has 0 amide bonds. The first-order valence-electron chi connectivity index (χ1n) is 6.91. The molecular weight excluding hydrogens is 344 g/mol. The molecule has 22 heavy (non-hydrogen) atoms. The summed E-state index contributed by atoms with van der Waals surface area (Å²) in [5.74, 6) is 2.22. The van der Waals surface area contributed by atoms with E-state index in [1.807, 2.05) is 49.4 Å². The van der Waals surface area contributed by atoms with E-state index in [2.05, 4.69) is 22.5 Å². The molecule has 0 saturated heterocycles. The lowest BCUT2D eigenvalue weighted by atomic mass is 10.2. The molecule has 3 nitrogen and oxygen atoms in total. The van der Waals surface area contributed by atoms with Gasteiger partial charge < -0.3 is 14.2 Å². The fraction of sp³-hybridized carbons (Fsp3) is 0.222. The van der Waals surface area contributed by atoms with Gasteiger partial charge in [-0.15, -0.1) is 0 Å². The average molecular weight is 363 g/mol. The number of benzene rings is 2. The van der Waals surface area contributed by atoms with E-state index in [4.69, 9.17) is 14.2 Å². The van der Waals surface area contributed by atoms with Gasteiger partial charge in [0, 0.05) is 0 Å². The lowest BCUT2D eigenvalue weighted by Gasteiger charge is -2.14. The van der Waals surface area contributed by atoms with Crippen molar-refractivity contribution in [2.75, 3.05) is 13.7 Å². The van der Waals surface area contributed by atoms with Gasteiger partial charge in [-0.1, -0.05) is 24.8 Å². The third-order valence-electron chi connectivity index (χ3n) is 2.95. The van der Waals surface area contributed by atoms with Crippen molar-refractivity contribution in [1.29, 1.82) is 0 Å². The molecule has 2 rings (SSSR count). The smallest absolute Gasteiger partial charge is 0.175 e. The van der Waals surface area contributed by atoms with Crippen LogP contribution in [-0.4, -0.2) is 13.7 Å². The summed E-state index contributed by atoms with van der Waals surface area (Å²) in [4.78, 5) is 0. The van der Waals surface area contributed by atoms with E-state index in [1.54, 1.807) is 7.11 Å². The predicted molar refractivity (Wildman–Crippen MR) is 91.8 cm³/mol. The minimum Gasteiger partial charge on any atom is -0.497 e. The van der Waals surface area contributed by atoms with Crippen molar-refractivity contribution in [2.24, 2.45) is 0 Å². The van der Waals surface area contributed by atoms with Gasteiger partial charge in [0.05, 0.1) is 11.6 Å². The molecule has 0 aliphatic carbocycles. The highest BCUT2D eigenvalue weighted by Crippen LogP contribution is 2.36. The molecule has 0 saturated carbocycles. The molecular formula is C18H19BrO3. The van der Waals surface area contributed by atoms with Crippen LogP contribution in [0.25, 0.3) is 0 Å². The van der Waals surface area contributed by atoms with Crippen molar-refractivity contribution < 1.29 is 14.2 Å². The van der Waals surface area contributed by atoms with Crippen LogP contribution in [0.4, 0.5) is 0 Å². The Morgan fingerprint density at radius 2 is 1.82 bits per heavy atom. The van der Waals surface area contributed by atoms with Gasteiger partial charge >= 0.3 is 0 Å². The lowest BCUT2D eigenvalue weighted by Crippen LogP contribution is -2.02. The maximum Gasteiger partial charge on any atom is 0.175 e. The van der Waals surface area contributed by atoms with Crippen molar-refractivity contribution in [3.05, 3.63) is 64.7 Å². The highest BCUT2D eigenvalue weighted by Gasteiger charge is 2.10. The van der Waals surface area contributed by atoms with E-state index < -0.39 is 0 Å². The van der Waals surface area contributed by atoms with Gasteiger partial charge in [0.1, 0.15) is 19.0 Å². The number of hydrogen-bond donors (Lipinski definition) is 0. The summed E-state index contributed by atoms with van der Waals surface area (Å²) in [5, 5.41) is 0. The summed E-state index contributed by atoms with van der Waals surface area (Å²) in [7, 11) is 1.65. The SMILES string of the molecule is C=C(C)COc1cccc(Br)c1OCc1ccc(OC)cc1. The monoisotopic (exact) mass is 362 g/mol. The van der Waals surface area contributed by atoms with Crippen molar-refractivity contribution in [3.63, 3.8) is 0 Å². The molecule has 4 heteroatoms.